The Balaban J connectivity index is 1.34. The van der Waals surface area contributed by atoms with Crippen LogP contribution in [0.3, 0.4) is 0 Å². The predicted octanol–water partition coefficient (Wildman–Crippen LogP) is 1.79. The van der Waals surface area contributed by atoms with E-state index in [1.807, 2.05) is 0 Å². The van der Waals surface area contributed by atoms with Crippen LogP contribution in [0.5, 0.6) is 0 Å². The van der Waals surface area contributed by atoms with Gasteiger partial charge in [-0.3, -0.25) is 0 Å². The SMILES string of the molecule is CN1CCC(N(C)CCNC(C2CC2)C2CC2)CC1. The van der Waals surface area contributed by atoms with E-state index < -0.39 is 0 Å². The summed E-state index contributed by atoms with van der Waals surface area (Å²) in [5.74, 6) is 2.06. The minimum Gasteiger partial charge on any atom is -0.312 e. The zero-order valence-corrected chi connectivity index (χ0v) is 12.8. The van der Waals surface area contributed by atoms with Crippen LogP contribution >= 0.6 is 0 Å². The molecule has 0 atom stereocenters. The molecule has 3 fully saturated rings. The summed E-state index contributed by atoms with van der Waals surface area (Å²) >= 11 is 0. The van der Waals surface area contributed by atoms with Gasteiger partial charge in [-0.2, -0.15) is 0 Å². The van der Waals surface area contributed by atoms with E-state index in [-0.39, 0.29) is 0 Å². The van der Waals surface area contributed by atoms with Gasteiger partial charge in [0.2, 0.25) is 0 Å². The van der Waals surface area contributed by atoms with E-state index in [2.05, 4.69) is 29.2 Å². The van der Waals surface area contributed by atoms with E-state index in [1.54, 1.807) is 0 Å². The van der Waals surface area contributed by atoms with Gasteiger partial charge in [0.05, 0.1) is 0 Å². The van der Waals surface area contributed by atoms with Crippen molar-refractivity contribution in [1.29, 1.82) is 0 Å². The van der Waals surface area contributed by atoms with Gasteiger partial charge in [-0.1, -0.05) is 0 Å². The van der Waals surface area contributed by atoms with Gasteiger partial charge >= 0.3 is 0 Å². The highest BCUT2D eigenvalue weighted by molar-refractivity contribution is 4.96. The standard InChI is InChI=1S/C16H31N3/c1-18-10-7-15(8-11-18)19(2)12-9-17-16(13-3-4-13)14-5-6-14/h13-17H,3-12H2,1-2H3. The first-order valence-electron chi connectivity index (χ1n) is 8.36. The zero-order valence-electron chi connectivity index (χ0n) is 12.8. The number of nitrogens with one attached hydrogen (secondary N) is 1. The van der Waals surface area contributed by atoms with Gasteiger partial charge in [-0.15, -0.1) is 0 Å². The lowest BCUT2D eigenvalue weighted by Gasteiger charge is -2.35. The van der Waals surface area contributed by atoms with Gasteiger partial charge in [0.15, 0.2) is 0 Å². The van der Waals surface area contributed by atoms with Crippen molar-refractivity contribution in [1.82, 2.24) is 15.1 Å². The molecule has 1 N–H and O–H groups in total. The second-order valence-electron chi connectivity index (χ2n) is 7.17. The molecule has 0 aromatic heterocycles. The Morgan fingerprint density at radius 3 is 2.16 bits per heavy atom. The molecule has 3 rings (SSSR count). The van der Waals surface area contributed by atoms with Crippen molar-refractivity contribution in [3.8, 4) is 0 Å². The molecule has 2 aliphatic carbocycles. The summed E-state index contributed by atoms with van der Waals surface area (Å²) in [6.45, 7) is 4.97. The Morgan fingerprint density at radius 1 is 1.05 bits per heavy atom. The Kier molecular flexibility index (Phi) is 4.45. The summed E-state index contributed by atoms with van der Waals surface area (Å²) in [5.41, 5.74) is 0. The minimum atomic E-state index is 0.818. The average Bonchev–Trinajstić information content (AvgIpc) is 3.28. The third-order valence-corrected chi connectivity index (χ3v) is 5.42. The van der Waals surface area contributed by atoms with Crippen molar-refractivity contribution in [2.45, 2.75) is 50.6 Å². The van der Waals surface area contributed by atoms with Gasteiger partial charge in [-0.25, -0.2) is 0 Å². The van der Waals surface area contributed by atoms with Crippen molar-refractivity contribution >= 4 is 0 Å². The van der Waals surface area contributed by atoms with Gasteiger partial charge in [0, 0.05) is 25.2 Å². The normalized spacial score (nSPS) is 26.5. The highest BCUT2D eigenvalue weighted by Gasteiger charge is 2.40. The molecule has 0 aromatic carbocycles. The molecule has 3 aliphatic rings. The lowest BCUT2D eigenvalue weighted by Crippen LogP contribution is -2.45. The van der Waals surface area contributed by atoms with Crippen LogP contribution in [0.25, 0.3) is 0 Å². The molecule has 1 heterocycles. The van der Waals surface area contributed by atoms with Crippen molar-refractivity contribution < 1.29 is 0 Å². The van der Waals surface area contributed by atoms with Crippen molar-refractivity contribution in [2.24, 2.45) is 11.8 Å². The maximum atomic E-state index is 3.87. The third kappa shape index (κ3) is 3.93. The summed E-state index contributed by atoms with van der Waals surface area (Å²) in [6.07, 6.45) is 8.64. The second-order valence-corrected chi connectivity index (χ2v) is 7.17. The molecule has 0 aromatic rings. The average molecular weight is 265 g/mol. The van der Waals surface area contributed by atoms with Crippen LogP contribution in [0.1, 0.15) is 38.5 Å². The minimum absolute atomic E-state index is 0.818. The molecule has 0 spiro atoms. The molecular weight excluding hydrogens is 234 g/mol. The van der Waals surface area contributed by atoms with E-state index in [9.17, 15) is 0 Å². The molecular formula is C16H31N3. The molecule has 1 aliphatic heterocycles. The molecule has 2 saturated carbocycles. The first kappa shape index (κ1) is 13.8. The number of likely N-dealkylation sites (tertiary alicyclic amines) is 1. The fourth-order valence-corrected chi connectivity index (χ4v) is 3.65. The first-order chi connectivity index (χ1) is 9.24. The van der Waals surface area contributed by atoms with Gasteiger partial charge in [0.1, 0.15) is 0 Å². The summed E-state index contributed by atoms with van der Waals surface area (Å²) in [4.78, 5) is 5.05. The number of hydrogen-bond acceptors (Lipinski definition) is 3. The maximum absolute atomic E-state index is 3.87. The zero-order chi connectivity index (χ0) is 13.2. The predicted molar refractivity (Wildman–Crippen MR) is 80.4 cm³/mol. The Hall–Kier alpha value is -0.120. The van der Waals surface area contributed by atoms with E-state index in [0.717, 1.165) is 23.9 Å². The van der Waals surface area contributed by atoms with Crippen molar-refractivity contribution in [3.05, 3.63) is 0 Å². The second kappa shape index (κ2) is 6.11. The summed E-state index contributed by atoms with van der Waals surface area (Å²) in [5, 5.41) is 3.87. The first-order valence-corrected chi connectivity index (χ1v) is 8.36. The molecule has 110 valence electrons. The molecule has 0 bridgehead atoms. The van der Waals surface area contributed by atoms with E-state index >= 15 is 0 Å². The number of nitrogens with zero attached hydrogens (tertiary/aromatic N) is 2. The topological polar surface area (TPSA) is 18.5 Å². The van der Waals surface area contributed by atoms with Crippen LogP contribution < -0.4 is 5.32 Å². The third-order valence-electron chi connectivity index (χ3n) is 5.42. The van der Waals surface area contributed by atoms with E-state index in [4.69, 9.17) is 0 Å². The molecule has 3 nitrogen and oxygen atoms in total. The van der Waals surface area contributed by atoms with Crippen LogP contribution in [0.4, 0.5) is 0 Å². The molecule has 3 heteroatoms. The molecule has 0 radical (unpaired) electrons. The van der Waals surface area contributed by atoms with Crippen molar-refractivity contribution in [2.75, 3.05) is 40.3 Å². The van der Waals surface area contributed by atoms with Gasteiger partial charge in [-0.05, 0) is 77.5 Å². The van der Waals surface area contributed by atoms with Crippen LogP contribution in [0, 0.1) is 11.8 Å². The Labute approximate surface area is 118 Å². The molecule has 0 unspecified atom stereocenters. The number of likely N-dealkylation sites (N-methyl/N-ethyl adjacent to an activating group) is 1. The fraction of sp³-hybridized carbons (Fsp3) is 1.00. The van der Waals surface area contributed by atoms with Crippen LogP contribution in [0.15, 0.2) is 0 Å². The number of piperidine rings is 1. The summed E-state index contributed by atoms with van der Waals surface area (Å²) in [7, 11) is 4.56. The monoisotopic (exact) mass is 265 g/mol. The van der Waals surface area contributed by atoms with Crippen LogP contribution in [-0.4, -0.2) is 62.2 Å². The molecule has 19 heavy (non-hydrogen) atoms. The highest BCUT2D eigenvalue weighted by Crippen LogP contribution is 2.44. The maximum Gasteiger partial charge on any atom is 0.0124 e. The lowest BCUT2D eigenvalue weighted by atomic mass is 10.0. The highest BCUT2D eigenvalue weighted by atomic mass is 15.2. The Bertz CT molecular complexity index is 266. The smallest absolute Gasteiger partial charge is 0.0124 e. The summed E-state index contributed by atoms with van der Waals surface area (Å²) < 4.78 is 0. The van der Waals surface area contributed by atoms with Crippen molar-refractivity contribution in [3.63, 3.8) is 0 Å². The quantitative estimate of drug-likeness (QED) is 0.757. The van der Waals surface area contributed by atoms with Gasteiger partial charge in [0.25, 0.3) is 0 Å². The molecule has 1 saturated heterocycles. The van der Waals surface area contributed by atoms with Crippen LogP contribution in [0.2, 0.25) is 0 Å². The van der Waals surface area contributed by atoms with Crippen LogP contribution in [-0.2, 0) is 0 Å². The Morgan fingerprint density at radius 2 is 1.63 bits per heavy atom. The van der Waals surface area contributed by atoms with Gasteiger partial charge < -0.3 is 15.1 Å². The number of hydrogen-bond donors (Lipinski definition) is 1. The van der Waals surface area contributed by atoms with E-state index in [0.29, 0.717) is 0 Å². The lowest BCUT2D eigenvalue weighted by molar-refractivity contribution is 0.143. The number of rotatable bonds is 7. The fourth-order valence-electron chi connectivity index (χ4n) is 3.65. The van der Waals surface area contributed by atoms with E-state index in [1.165, 1.54) is 64.7 Å². The summed E-state index contributed by atoms with van der Waals surface area (Å²) in [6, 6.07) is 1.68. The molecule has 0 amide bonds. The largest absolute Gasteiger partial charge is 0.312 e.